The van der Waals surface area contributed by atoms with Crippen molar-refractivity contribution in [2.75, 3.05) is 11.9 Å². The molecule has 144 valence electrons. The Hall–Kier alpha value is -2.66. The first-order valence-electron chi connectivity index (χ1n) is 9.40. The van der Waals surface area contributed by atoms with E-state index in [1.807, 2.05) is 0 Å². The third-order valence-corrected chi connectivity index (χ3v) is 4.72. The minimum absolute atomic E-state index is 0.0775. The van der Waals surface area contributed by atoms with Crippen molar-refractivity contribution in [1.82, 2.24) is 0 Å². The Bertz CT molecular complexity index is 765. The van der Waals surface area contributed by atoms with Crippen LogP contribution in [0.2, 0.25) is 0 Å². The normalized spacial score (nSPS) is 12.2. The van der Waals surface area contributed by atoms with Crippen LogP contribution in [0.15, 0.2) is 48.5 Å². The number of nitrogens with two attached hydrogens (primary N) is 2. The predicted octanol–water partition coefficient (Wildman–Crippen LogP) is 2.81. The molecule has 0 unspecified atom stereocenters. The van der Waals surface area contributed by atoms with Gasteiger partial charge in [0, 0.05) is 22.7 Å². The first kappa shape index (κ1) is 20.6. The van der Waals surface area contributed by atoms with Crippen molar-refractivity contribution in [2.24, 2.45) is 11.7 Å². The lowest BCUT2D eigenvalue weighted by atomic mass is 9.93. The molecule has 5 heteroatoms. The van der Waals surface area contributed by atoms with E-state index < -0.39 is 5.91 Å². The van der Waals surface area contributed by atoms with Crippen LogP contribution in [-0.4, -0.2) is 18.4 Å². The molecule has 0 heterocycles. The van der Waals surface area contributed by atoms with E-state index in [0.717, 1.165) is 0 Å². The standard InChI is InChI=1S/C22H29N3O2/c1-14(2)16-5-7-17(8-6-16)21(15(3)4)24-13-20(26)25-19-11-9-18(10-12-19)22(23)27/h5-12,14-15,21,24H,13H2,1-4H3,(H2,23,27)(H,25,26)/p+1/t21-/m0/s1. The first-order valence-corrected chi connectivity index (χ1v) is 9.40. The molecule has 2 aromatic carbocycles. The number of amides is 2. The zero-order valence-corrected chi connectivity index (χ0v) is 16.5. The van der Waals surface area contributed by atoms with E-state index in [0.29, 0.717) is 29.6 Å². The average Bonchev–Trinajstić information content (AvgIpc) is 2.62. The van der Waals surface area contributed by atoms with Crippen molar-refractivity contribution in [3.8, 4) is 0 Å². The van der Waals surface area contributed by atoms with Gasteiger partial charge in [0.25, 0.3) is 5.91 Å². The number of carbonyl (C=O) groups is 2. The summed E-state index contributed by atoms with van der Waals surface area (Å²) in [4.78, 5) is 23.4. The molecular formula is C22H30N3O2+. The zero-order valence-electron chi connectivity index (χ0n) is 16.5. The van der Waals surface area contributed by atoms with E-state index >= 15 is 0 Å². The predicted molar refractivity (Wildman–Crippen MR) is 108 cm³/mol. The van der Waals surface area contributed by atoms with Gasteiger partial charge >= 0.3 is 0 Å². The molecule has 0 radical (unpaired) electrons. The smallest absolute Gasteiger partial charge is 0.279 e. The van der Waals surface area contributed by atoms with Gasteiger partial charge in [0.05, 0.1) is 0 Å². The van der Waals surface area contributed by atoms with Crippen LogP contribution in [0.1, 0.15) is 61.1 Å². The molecule has 0 aromatic heterocycles. The van der Waals surface area contributed by atoms with Gasteiger partial charge in [-0.05, 0) is 35.7 Å². The highest BCUT2D eigenvalue weighted by atomic mass is 16.2. The SMILES string of the molecule is CC(C)c1ccc([C@@H]([NH2+]CC(=O)Nc2ccc(C(N)=O)cc2)C(C)C)cc1. The molecular weight excluding hydrogens is 338 g/mol. The number of hydrogen-bond donors (Lipinski definition) is 3. The van der Waals surface area contributed by atoms with Gasteiger partial charge in [-0.3, -0.25) is 9.59 Å². The molecule has 0 fully saturated rings. The fourth-order valence-corrected chi connectivity index (χ4v) is 3.06. The van der Waals surface area contributed by atoms with Crippen LogP contribution in [0, 0.1) is 5.92 Å². The van der Waals surface area contributed by atoms with Crippen molar-refractivity contribution < 1.29 is 14.9 Å². The lowest BCUT2D eigenvalue weighted by Crippen LogP contribution is -2.88. The van der Waals surface area contributed by atoms with E-state index in [4.69, 9.17) is 5.73 Å². The van der Waals surface area contributed by atoms with Gasteiger partial charge in [-0.1, -0.05) is 52.0 Å². The van der Waals surface area contributed by atoms with Gasteiger partial charge in [0.1, 0.15) is 6.04 Å². The van der Waals surface area contributed by atoms with Crippen molar-refractivity contribution in [3.05, 3.63) is 65.2 Å². The topological polar surface area (TPSA) is 88.8 Å². The molecule has 2 amide bonds. The number of primary amides is 1. The maximum atomic E-state index is 12.3. The number of benzene rings is 2. The molecule has 0 aliphatic rings. The number of carbonyl (C=O) groups excluding carboxylic acids is 2. The van der Waals surface area contributed by atoms with Crippen LogP contribution in [0.3, 0.4) is 0 Å². The highest BCUT2D eigenvalue weighted by Crippen LogP contribution is 2.21. The van der Waals surface area contributed by atoms with E-state index in [1.54, 1.807) is 24.3 Å². The molecule has 5 nitrogen and oxygen atoms in total. The van der Waals surface area contributed by atoms with Crippen LogP contribution in [0.25, 0.3) is 0 Å². The minimum Gasteiger partial charge on any atom is -0.366 e. The molecule has 0 aliphatic heterocycles. The Morgan fingerprint density at radius 2 is 1.48 bits per heavy atom. The molecule has 0 aliphatic carbocycles. The molecule has 2 aromatic rings. The molecule has 27 heavy (non-hydrogen) atoms. The van der Waals surface area contributed by atoms with E-state index in [-0.39, 0.29) is 11.9 Å². The number of anilines is 1. The molecule has 0 bridgehead atoms. The zero-order chi connectivity index (χ0) is 20.0. The van der Waals surface area contributed by atoms with Gasteiger partial charge in [0.15, 0.2) is 6.54 Å². The van der Waals surface area contributed by atoms with Crippen LogP contribution >= 0.6 is 0 Å². The lowest BCUT2D eigenvalue weighted by Gasteiger charge is -2.20. The van der Waals surface area contributed by atoms with E-state index in [2.05, 4.69) is 62.6 Å². The number of rotatable bonds is 8. The second-order valence-corrected chi connectivity index (χ2v) is 7.52. The third-order valence-electron chi connectivity index (χ3n) is 4.72. The van der Waals surface area contributed by atoms with Crippen molar-refractivity contribution in [1.29, 1.82) is 0 Å². The quantitative estimate of drug-likeness (QED) is 0.669. The van der Waals surface area contributed by atoms with Crippen LogP contribution in [0.4, 0.5) is 5.69 Å². The largest absolute Gasteiger partial charge is 0.366 e. The van der Waals surface area contributed by atoms with Gasteiger partial charge in [0.2, 0.25) is 5.91 Å². The van der Waals surface area contributed by atoms with Crippen molar-refractivity contribution in [3.63, 3.8) is 0 Å². The summed E-state index contributed by atoms with van der Waals surface area (Å²) in [5.74, 6) is 0.348. The summed E-state index contributed by atoms with van der Waals surface area (Å²) in [5.41, 5.74) is 8.85. The Morgan fingerprint density at radius 1 is 0.926 bits per heavy atom. The molecule has 1 atom stereocenters. The average molecular weight is 369 g/mol. The van der Waals surface area contributed by atoms with Gasteiger partial charge in [-0.2, -0.15) is 0 Å². The summed E-state index contributed by atoms with van der Waals surface area (Å²) in [6.07, 6.45) is 0. The number of hydrogen-bond acceptors (Lipinski definition) is 2. The Morgan fingerprint density at radius 3 is 1.96 bits per heavy atom. The molecule has 0 saturated heterocycles. The maximum absolute atomic E-state index is 12.3. The Balaban J connectivity index is 1.96. The summed E-state index contributed by atoms with van der Waals surface area (Å²) < 4.78 is 0. The van der Waals surface area contributed by atoms with Crippen LogP contribution in [0.5, 0.6) is 0 Å². The summed E-state index contributed by atoms with van der Waals surface area (Å²) in [6, 6.07) is 15.5. The van der Waals surface area contributed by atoms with E-state index in [9.17, 15) is 9.59 Å². The second kappa shape index (κ2) is 9.33. The fourth-order valence-electron chi connectivity index (χ4n) is 3.06. The summed E-state index contributed by atoms with van der Waals surface area (Å²) in [5, 5.41) is 4.93. The van der Waals surface area contributed by atoms with Gasteiger partial charge < -0.3 is 16.4 Å². The van der Waals surface area contributed by atoms with Crippen molar-refractivity contribution in [2.45, 2.75) is 39.7 Å². The van der Waals surface area contributed by atoms with Gasteiger partial charge in [-0.15, -0.1) is 0 Å². The Labute approximate surface area is 161 Å². The lowest BCUT2D eigenvalue weighted by molar-refractivity contribution is -0.692. The van der Waals surface area contributed by atoms with Crippen molar-refractivity contribution >= 4 is 17.5 Å². The fraction of sp³-hybridized carbons (Fsp3) is 0.364. The Kier molecular flexibility index (Phi) is 7.13. The summed E-state index contributed by atoms with van der Waals surface area (Å²) in [6.45, 7) is 9.02. The van der Waals surface area contributed by atoms with Crippen LogP contribution < -0.4 is 16.4 Å². The third kappa shape index (κ3) is 5.93. The minimum atomic E-state index is -0.482. The highest BCUT2D eigenvalue weighted by Gasteiger charge is 2.20. The molecule has 2 rings (SSSR count). The number of quaternary nitrogens is 1. The first-order chi connectivity index (χ1) is 12.8. The van der Waals surface area contributed by atoms with Crippen LogP contribution in [-0.2, 0) is 4.79 Å². The molecule has 5 N–H and O–H groups in total. The molecule has 0 saturated carbocycles. The van der Waals surface area contributed by atoms with Gasteiger partial charge in [-0.25, -0.2) is 0 Å². The summed E-state index contributed by atoms with van der Waals surface area (Å²) >= 11 is 0. The maximum Gasteiger partial charge on any atom is 0.279 e. The highest BCUT2D eigenvalue weighted by molar-refractivity contribution is 5.95. The monoisotopic (exact) mass is 368 g/mol. The number of nitrogens with one attached hydrogen (secondary N) is 1. The summed E-state index contributed by atoms with van der Waals surface area (Å²) in [7, 11) is 0. The molecule has 0 spiro atoms. The second-order valence-electron chi connectivity index (χ2n) is 7.52. The van der Waals surface area contributed by atoms with E-state index in [1.165, 1.54) is 11.1 Å².